The maximum atomic E-state index is 13.3. The molecule has 0 aliphatic rings. The Labute approximate surface area is 189 Å². The van der Waals surface area contributed by atoms with E-state index in [0.29, 0.717) is 11.3 Å². The lowest BCUT2D eigenvalue weighted by Crippen LogP contribution is -2.21. The maximum absolute atomic E-state index is 13.3. The first-order valence-corrected chi connectivity index (χ1v) is 9.10. The minimum Gasteiger partial charge on any atom is -0.475 e. The third kappa shape index (κ3) is 7.23. The van der Waals surface area contributed by atoms with Gasteiger partial charge in [-0.25, -0.2) is 13.8 Å². The summed E-state index contributed by atoms with van der Waals surface area (Å²) in [7, 11) is 0. The zero-order valence-corrected chi connectivity index (χ0v) is 17.4. The van der Waals surface area contributed by atoms with E-state index in [-0.39, 0.29) is 21.8 Å². The van der Waals surface area contributed by atoms with Gasteiger partial charge in [-0.1, -0.05) is 5.16 Å². The number of aromatic nitrogens is 3. The molecule has 1 amide bonds. The minimum absolute atomic E-state index is 0.0508. The molecular formula is C17H11BrF4N6O5. The molecule has 1 aromatic carbocycles. The predicted molar refractivity (Wildman–Crippen MR) is 106 cm³/mol. The highest BCUT2D eigenvalue weighted by Crippen LogP contribution is 2.21. The molecular weight excluding hydrogens is 524 g/mol. The number of hydrogen-bond acceptors (Lipinski definition) is 8. The molecule has 0 bridgehead atoms. The molecule has 174 valence electrons. The molecule has 33 heavy (non-hydrogen) atoms. The Bertz CT molecular complexity index is 1160. The average molecular weight is 535 g/mol. The number of carboxylic acid groups (broad SMARTS) is 1. The number of anilines is 2. The molecule has 3 aromatic rings. The van der Waals surface area contributed by atoms with Gasteiger partial charge in [-0.3, -0.25) is 9.78 Å². The summed E-state index contributed by atoms with van der Waals surface area (Å²) in [6.07, 6.45) is -2.18. The number of halogens is 5. The van der Waals surface area contributed by atoms with Crippen molar-refractivity contribution in [1.29, 1.82) is 0 Å². The van der Waals surface area contributed by atoms with Gasteiger partial charge >= 0.3 is 12.1 Å². The van der Waals surface area contributed by atoms with Gasteiger partial charge in [0, 0.05) is 18.1 Å². The van der Waals surface area contributed by atoms with E-state index < -0.39 is 23.9 Å². The highest BCUT2D eigenvalue weighted by atomic mass is 79.9. The number of carboxylic acids is 1. The SMILES string of the molecule is O=C(Nc1nonc1/C(=N\O)Nc1ccc(F)c(Br)c1)c1cccnc1.O=C(O)C(F)(F)F. The third-order valence-electron chi connectivity index (χ3n) is 3.39. The van der Waals surface area contributed by atoms with Crippen LogP contribution in [0.25, 0.3) is 0 Å². The standard InChI is InChI=1S/C15H10BrFN6O3.C2HF3O2/c16-10-6-9(3-4-11(10)17)19-13(21-25)12-14(23-26-22-12)20-15(24)8-2-1-5-18-7-8;3-2(4,5)1(6)7/h1-7,25H,(H,19,21)(H,20,23,24);(H,6,7). The summed E-state index contributed by atoms with van der Waals surface area (Å²) in [6, 6.07) is 7.23. The Morgan fingerprint density at radius 3 is 2.39 bits per heavy atom. The number of hydrogen-bond donors (Lipinski definition) is 4. The van der Waals surface area contributed by atoms with Crippen molar-refractivity contribution in [1.82, 2.24) is 15.3 Å². The number of pyridine rings is 1. The quantitative estimate of drug-likeness (QED) is 0.129. The van der Waals surface area contributed by atoms with Crippen molar-refractivity contribution < 1.29 is 42.1 Å². The van der Waals surface area contributed by atoms with Crippen molar-refractivity contribution in [3.63, 3.8) is 0 Å². The zero-order valence-electron chi connectivity index (χ0n) is 15.8. The van der Waals surface area contributed by atoms with Crippen molar-refractivity contribution in [2.24, 2.45) is 5.16 Å². The Kier molecular flexibility index (Phi) is 8.38. The van der Waals surface area contributed by atoms with Crippen LogP contribution in [0.4, 0.5) is 29.1 Å². The fourth-order valence-corrected chi connectivity index (χ4v) is 2.32. The molecule has 0 atom stereocenters. The fourth-order valence-electron chi connectivity index (χ4n) is 1.94. The van der Waals surface area contributed by atoms with E-state index in [1.807, 2.05) is 0 Å². The van der Waals surface area contributed by atoms with Crippen LogP contribution >= 0.6 is 15.9 Å². The normalized spacial score (nSPS) is 11.2. The van der Waals surface area contributed by atoms with E-state index in [4.69, 9.17) is 9.90 Å². The number of benzene rings is 1. The molecule has 0 saturated carbocycles. The highest BCUT2D eigenvalue weighted by Gasteiger charge is 2.38. The molecule has 0 radical (unpaired) electrons. The van der Waals surface area contributed by atoms with Crippen LogP contribution in [0.1, 0.15) is 16.1 Å². The lowest BCUT2D eigenvalue weighted by atomic mass is 10.2. The first-order valence-electron chi connectivity index (χ1n) is 8.31. The number of amidine groups is 1. The molecule has 2 aromatic heterocycles. The van der Waals surface area contributed by atoms with E-state index >= 15 is 0 Å². The summed E-state index contributed by atoms with van der Waals surface area (Å²) in [6.45, 7) is 0. The van der Waals surface area contributed by atoms with E-state index in [0.717, 1.165) is 0 Å². The summed E-state index contributed by atoms with van der Waals surface area (Å²) < 4.78 is 49.9. The second kappa shape index (κ2) is 11.0. The monoisotopic (exact) mass is 534 g/mol. The summed E-state index contributed by atoms with van der Waals surface area (Å²) >= 11 is 3.05. The average Bonchev–Trinajstić information content (AvgIpc) is 3.22. The number of rotatable bonds is 4. The molecule has 3 rings (SSSR count). The van der Waals surface area contributed by atoms with Gasteiger partial charge < -0.3 is 20.9 Å². The third-order valence-corrected chi connectivity index (χ3v) is 4.00. The van der Waals surface area contributed by atoms with Gasteiger partial charge in [-0.2, -0.15) is 13.2 Å². The van der Waals surface area contributed by atoms with Crippen LogP contribution in [0, 0.1) is 5.82 Å². The van der Waals surface area contributed by atoms with E-state index in [9.17, 15) is 27.6 Å². The second-order valence-electron chi connectivity index (χ2n) is 5.66. The Balaban J connectivity index is 0.000000479. The predicted octanol–water partition coefficient (Wildman–Crippen LogP) is 3.50. The molecule has 0 spiro atoms. The van der Waals surface area contributed by atoms with Gasteiger partial charge in [0.1, 0.15) is 5.82 Å². The number of carbonyl (C=O) groups excluding carboxylic acids is 1. The second-order valence-corrected chi connectivity index (χ2v) is 6.52. The van der Waals surface area contributed by atoms with Gasteiger partial charge in [0.05, 0.1) is 10.0 Å². The molecule has 2 heterocycles. The fraction of sp³-hybridized carbons (Fsp3) is 0.0588. The van der Waals surface area contributed by atoms with Crippen LogP contribution in [0.15, 0.2) is 57.0 Å². The number of carbonyl (C=O) groups is 2. The van der Waals surface area contributed by atoms with Crippen molar-refractivity contribution in [3.8, 4) is 0 Å². The Morgan fingerprint density at radius 1 is 1.15 bits per heavy atom. The van der Waals surface area contributed by atoms with Crippen LogP contribution < -0.4 is 10.6 Å². The van der Waals surface area contributed by atoms with Crippen LogP contribution in [0.3, 0.4) is 0 Å². The van der Waals surface area contributed by atoms with Gasteiger partial charge in [0.25, 0.3) is 5.91 Å². The number of aliphatic carboxylic acids is 1. The van der Waals surface area contributed by atoms with Crippen molar-refractivity contribution >= 4 is 45.1 Å². The molecule has 0 saturated heterocycles. The highest BCUT2D eigenvalue weighted by molar-refractivity contribution is 9.10. The molecule has 0 fully saturated rings. The molecule has 0 aliphatic heterocycles. The minimum atomic E-state index is -5.08. The lowest BCUT2D eigenvalue weighted by molar-refractivity contribution is -0.192. The Morgan fingerprint density at radius 2 is 1.85 bits per heavy atom. The summed E-state index contributed by atoms with van der Waals surface area (Å²) in [5.74, 6) is -3.94. The first-order chi connectivity index (χ1) is 15.5. The summed E-state index contributed by atoms with van der Waals surface area (Å²) in [5.41, 5.74) is 0.642. The number of amides is 1. The molecule has 11 nitrogen and oxygen atoms in total. The van der Waals surface area contributed by atoms with Crippen LogP contribution in [0.5, 0.6) is 0 Å². The lowest BCUT2D eigenvalue weighted by Gasteiger charge is -2.08. The van der Waals surface area contributed by atoms with Crippen LogP contribution in [0.2, 0.25) is 0 Å². The van der Waals surface area contributed by atoms with Crippen molar-refractivity contribution in [3.05, 3.63) is 64.3 Å². The van der Waals surface area contributed by atoms with Gasteiger partial charge in [-0.15, -0.1) is 0 Å². The van der Waals surface area contributed by atoms with Crippen molar-refractivity contribution in [2.45, 2.75) is 6.18 Å². The molecule has 4 N–H and O–H groups in total. The topological polar surface area (TPSA) is 163 Å². The van der Waals surface area contributed by atoms with E-state index in [2.05, 4.69) is 51.6 Å². The smallest absolute Gasteiger partial charge is 0.475 e. The Hall–Kier alpha value is -4.08. The molecule has 0 aliphatic carbocycles. The van der Waals surface area contributed by atoms with Crippen molar-refractivity contribution in [2.75, 3.05) is 10.6 Å². The number of oxime groups is 1. The maximum Gasteiger partial charge on any atom is 0.490 e. The van der Waals surface area contributed by atoms with Crippen LogP contribution in [-0.4, -0.2) is 49.5 Å². The summed E-state index contributed by atoms with van der Waals surface area (Å²) in [4.78, 5) is 24.9. The largest absolute Gasteiger partial charge is 0.490 e. The zero-order chi connectivity index (χ0) is 24.6. The van der Waals surface area contributed by atoms with E-state index in [1.165, 1.54) is 30.6 Å². The molecule has 16 heteroatoms. The van der Waals surface area contributed by atoms with Gasteiger partial charge in [0.15, 0.2) is 5.69 Å². The summed E-state index contributed by atoms with van der Waals surface area (Å²) in [5, 5.41) is 31.9. The number of alkyl halides is 3. The van der Waals surface area contributed by atoms with Crippen LogP contribution in [-0.2, 0) is 4.79 Å². The van der Waals surface area contributed by atoms with E-state index in [1.54, 1.807) is 12.1 Å². The van der Waals surface area contributed by atoms with Gasteiger partial charge in [0.2, 0.25) is 11.7 Å². The number of nitrogens with zero attached hydrogens (tertiary/aromatic N) is 4. The first kappa shape index (κ1) is 25.2. The molecule has 0 unspecified atom stereocenters. The van der Waals surface area contributed by atoms with Gasteiger partial charge in [-0.05, 0) is 56.6 Å². The number of nitrogens with one attached hydrogen (secondary N) is 2.